The van der Waals surface area contributed by atoms with Crippen LogP contribution < -0.4 is 16.0 Å². The molecule has 1 aliphatic rings. The fraction of sp³-hybridized carbons (Fsp3) is 0.312. The number of nitrogens with zero attached hydrogens (tertiary/aromatic N) is 1. The number of aromatic nitrogens is 1. The molecule has 3 amide bonds. The summed E-state index contributed by atoms with van der Waals surface area (Å²) in [6.07, 6.45) is 2.93. The standard InChI is InChI=1S/C16H18N4O3S/c21-14(13-5-2-7-23-13)19-12-4-1-3-11(9-12)10-18-15(22)20-16-17-6-8-24-16/h1,3-4,6,8-9,13H,2,5,7,10H2,(H,19,21)(H2,17,18,20,22)/t13-/m0/s1. The minimum absolute atomic E-state index is 0.126. The lowest BCUT2D eigenvalue weighted by molar-refractivity contribution is -0.124. The first kappa shape index (κ1) is 16.4. The first-order chi connectivity index (χ1) is 11.7. The van der Waals surface area contributed by atoms with Crippen LogP contribution >= 0.6 is 11.3 Å². The molecule has 1 aliphatic heterocycles. The summed E-state index contributed by atoms with van der Waals surface area (Å²) in [4.78, 5) is 27.8. The molecule has 24 heavy (non-hydrogen) atoms. The summed E-state index contributed by atoms with van der Waals surface area (Å²) in [5, 5.41) is 10.6. The van der Waals surface area contributed by atoms with Crippen LogP contribution in [0.1, 0.15) is 18.4 Å². The van der Waals surface area contributed by atoms with Gasteiger partial charge in [0.1, 0.15) is 6.10 Å². The normalized spacial score (nSPS) is 16.6. The fourth-order valence-electron chi connectivity index (χ4n) is 2.38. The van der Waals surface area contributed by atoms with Crippen LogP contribution in [0.4, 0.5) is 15.6 Å². The SMILES string of the molecule is O=C(NCc1cccc(NC(=O)[C@@H]2CCCO2)c1)Nc1nccs1. The van der Waals surface area contributed by atoms with Gasteiger partial charge in [-0.15, -0.1) is 11.3 Å². The van der Waals surface area contributed by atoms with Gasteiger partial charge in [-0.3, -0.25) is 10.1 Å². The Morgan fingerprint density at radius 1 is 1.33 bits per heavy atom. The van der Waals surface area contributed by atoms with Gasteiger partial charge in [0.05, 0.1) is 0 Å². The molecule has 2 aromatic rings. The molecule has 3 rings (SSSR count). The molecule has 1 atom stereocenters. The number of amides is 3. The number of thiazole rings is 1. The van der Waals surface area contributed by atoms with Gasteiger partial charge in [0.15, 0.2) is 5.13 Å². The quantitative estimate of drug-likeness (QED) is 0.776. The van der Waals surface area contributed by atoms with Crippen molar-refractivity contribution >= 4 is 34.1 Å². The number of ether oxygens (including phenoxy) is 1. The fourth-order valence-corrected chi connectivity index (χ4v) is 2.90. The molecule has 3 N–H and O–H groups in total. The maximum atomic E-state index is 12.0. The average Bonchev–Trinajstić information content (AvgIpc) is 3.27. The predicted octanol–water partition coefficient (Wildman–Crippen LogP) is 2.58. The minimum Gasteiger partial charge on any atom is -0.368 e. The van der Waals surface area contributed by atoms with E-state index in [0.717, 1.165) is 18.4 Å². The van der Waals surface area contributed by atoms with E-state index in [9.17, 15) is 9.59 Å². The third-order valence-corrected chi connectivity index (χ3v) is 4.21. The van der Waals surface area contributed by atoms with E-state index in [0.29, 0.717) is 24.0 Å². The maximum Gasteiger partial charge on any atom is 0.321 e. The predicted molar refractivity (Wildman–Crippen MR) is 92.0 cm³/mol. The third-order valence-electron chi connectivity index (χ3n) is 3.52. The number of rotatable bonds is 5. The van der Waals surface area contributed by atoms with Gasteiger partial charge >= 0.3 is 6.03 Å². The Balaban J connectivity index is 1.51. The van der Waals surface area contributed by atoms with E-state index in [1.54, 1.807) is 11.6 Å². The van der Waals surface area contributed by atoms with E-state index in [-0.39, 0.29) is 18.0 Å². The second-order valence-corrected chi connectivity index (χ2v) is 6.23. The number of nitrogens with one attached hydrogen (secondary N) is 3. The van der Waals surface area contributed by atoms with Gasteiger partial charge in [-0.25, -0.2) is 9.78 Å². The smallest absolute Gasteiger partial charge is 0.321 e. The van der Waals surface area contributed by atoms with Crippen LogP contribution in [0, 0.1) is 0 Å². The Kier molecular flexibility index (Phi) is 5.39. The molecular weight excluding hydrogens is 328 g/mol. The summed E-state index contributed by atoms with van der Waals surface area (Å²) >= 11 is 1.35. The third kappa shape index (κ3) is 4.53. The van der Waals surface area contributed by atoms with E-state index in [1.807, 2.05) is 24.3 Å². The molecule has 7 nitrogen and oxygen atoms in total. The topological polar surface area (TPSA) is 92.4 Å². The molecule has 0 unspecified atom stereocenters. The van der Waals surface area contributed by atoms with E-state index in [1.165, 1.54) is 11.3 Å². The van der Waals surface area contributed by atoms with E-state index in [2.05, 4.69) is 20.9 Å². The molecule has 2 heterocycles. The number of benzene rings is 1. The largest absolute Gasteiger partial charge is 0.368 e. The molecule has 0 radical (unpaired) electrons. The van der Waals surface area contributed by atoms with E-state index >= 15 is 0 Å². The monoisotopic (exact) mass is 346 g/mol. The lowest BCUT2D eigenvalue weighted by atomic mass is 10.2. The number of carbonyl (C=O) groups is 2. The molecule has 0 spiro atoms. The van der Waals surface area contributed by atoms with Crippen molar-refractivity contribution in [2.45, 2.75) is 25.5 Å². The van der Waals surface area contributed by atoms with Crippen molar-refractivity contribution in [1.29, 1.82) is 0 Å². The molecule has 1 aromatic carbocycles. The second kappa shape index (κ2) is 7.89. The first-order valence-corrected chi connectivity index (χ1v) is 8.54. The summed E-state index contributed by atoms with van der Waals surface area (Å²) in [5.41, 5.74) is 1.57. The molecule has 1 saturated heterocycles. The molecule has 126 valence electrons. The Bertz CT molecular complexity index is 699. The van der Waals surface area contributed by atoms with Crippen molar-refractivity contribution in [2.24, 2.45) is 0 Å². The van der Waals surface area contributed by atoms with Crippen LogP contribution in [-0.4, -0.2) is 29.6 Å². The molecule has 1 aromatic heterocycles. The van der Waals surface area contributed by atoms with Gasteiger partial charge in [0.2, 0.25) is 0 Å². The number of carbonyl (C=O) groups excluding carboxylic acids is 2. The summed E-state index contributed by atoms with van der Waals surface area (Å²) in [6, 6.07) is 7.04. The van der Waals surface area contributed by atoms with Crippen LogP contribution in [0.3, 0.4) is 0 Å². The van der Waals surface area contributed by atoms with E-state index in [4.69, 9.17) is 4.74 Å². The van der Waals surface area contributed by atoms with Gasteiger partial charge in [-0.1, -0.05) is 12.1 Å². The molecular formula is C16H18N4O3S. The Hall–Kier alpha value is -2.45. The molecule has 0 bridgehead atoms. The highest BCUT2D eigenvalue weighted by atomic mass is 32.1. The molecule has 8 heteroatoms. The lowest BCUT2D eigenvalue weighted by Crippen LogP contribution is -2.28. The van der Waals surface area contributed by atoms with Crippen LogP contribution in [0.2, 0.25) is 0 Å². The number of hydrogen-bond donors (Lipinski definition) is 3. The van der Waals surface area contributed by atoms with Gasteiger partial charge < -0.3 is 15.4 Å². The van der Waals surface area contributed by atoms with Crippen LogP contribution in [-0.2, 0) is 16.1 Å². The van der Waals surface area contributed by atoms with Crippen molar-refractivity contribution in [2.75, 3.05) is 17.2 Å². The zero-order chi connectivity index (χ0) is 16.8. The Morgan fingerprint density at radius 3 is 3.00 bits per heavy atom. The second-order valence-electron chi connectivity index (χ2n) is 5.34. The summed E-state index contributed by atoms with van der Waals surface area (Å²) < 4.78 is 5.36. The van der Waals surface area contributed by atoms with Crippen LogP contribution in [0.5, 0.6) is 0 Å². The highest BCUT2D eigenvalue weighted by Gasteiger charge is 2.23. The van der Waals surface area contributed by atoms with Crippen molar-refractivity contribution in [3.63, 3.8) is 0 Å². The van der Waals surface area contributed by atoms with Crippen molar-refractivity contribution in [3.05, 3.63) is 41.4 Å². The highest BCUT2D eigenvalue weighted by molar-refractivity contribution is 7.13. The lowest BCUT2D eigenvalue weighted by Gasteiger charge is -2.12. The van der Waals surface area contributed by atoms with Crippen molar-refractivity contribution < 1.29 is 14.3 Å². The zero-order valence-corrected chi connectivity index (χ0v) is 13.8. The maximum absolute atomic E-state index is 12.0. The first-order valence-electron chi connectivity index (χ1n) is 7.66. The van der Waals surface area contributed by atoms with Gasteiger partial charge in [-0.2, -0.15) is 0 Å². The molecule has 0 aliphatic carbocycles. The van der Waals surface area contributed by atoms with Crippen LogP contribution in [0.15, 0.2) is 35.8 Å². The molecule has 0 saturated carbocycles. The van der Waals surface area contributed by atoms with Crippen molar-refractivity contribution in [1.82, 2.24) is 10.3 Å². The summed E-state index contributed by atoms with van der Waals surface area (Å²) in [7, 11) is 0. The highest BCUT2D eigenvalue weighted by Crippen LogP contribution is 2.16. The Morgan fingerprint density at radius 2 is 2.25 bits per heavy atom. The number of anilines is 2. The van der Waals surface area contributed by atoms with E-state index < -0.39 is 0 Å². The average molecular weight is 346 g/mol. The van der Waals surface area contributed by atoms with Gasteiger partial charge in [-0.05, 0) is 30.5 Å². The van der Waals surface area contributed by atoms with Crippen LogP contribution in [0.25, 0.3) is 0 Å². The number of hydrogen-bond acceptors (Lipinski definition) is 5. The summed E-state index contributed by atoms with van der Waals surface area (Å²) in [6.45, 7) is 0.983. The molecule has 1 fully saturated rings. The van der Waals surface area contributed by atoms with Gasteiger partial charge in [0, 0.05) is 30.4 Å². The zero-order valence-electron chi connectivity index (χ0n) is 13.0. The van der Waals surface area contributed by atoms with Crippen molar-refractivity contribution in [3.8, 4) is 0 Å². The minimum atomic E-state index is -0.365. The number of urea groups is 1. The van der Waals surface area contributed by atoms with Gasteiger partial charge in [0.25, 0.3) is 5.91 Å². The Labute approximate surface area is 143 Å². The summed E-state index contributed by atoms with van der Waals surface area (Å²) in [5.74, 6) is -0.126.